The summed E-state index contributed by atoms with van der Waals surface area (Å²) in [5, 5.41) is 0.519. The van der Waals surface area contributed by atoms with Gasteiger partial charge in [0.05, 0.1) is 15.6 Å². The maximum Gasteiger partial charge on any atom is 0.343 e. The molecule has 19 heavy (non-hydrogen) atoms. The van der Waals surface area contributed by atoms with Crippen LogP contribution in [0.25, 0.3) is 0 Å². The van der Waals surface area contributed by atoms with Gasteiger partial charge < -0.3 is 4.74 Å². The minimum absolute atomic E-state index is 0.0120. The van der Waals surface area contributed by atoms with Gasteiger partial charge in [0.15, 0.2) is 5.75 Å². The van der Waals surface area contributed by atoms with Crippen LogP contribution in [0.1, 0.15) is 10.4 Å². The molecule has 0 amide bonds. The summed E-state index contributed by atoms with van der Waals surface area (Å²) in [5.74, 6) is -1.31. The van der Waals surface area contributed by atoms with Gasteiger partial charge in [0, 0.05) is 5.02 Å². The van der Waals surface area contributed by atoms with Gasteiger partial charge in [-0.15, -0.1) is 0 Å². The monoisotopic (exact) mass is 318 g/mol. The molecule has 6 heteroatoms. The minimum Gasteiger partial charge on any atom is -0.420 e. The van der Waals surface area contributed by atoms with Crippen LogP contribution >= 0.6 is 34.8 Å². The number of halogens is 4. The van der Waals surface area contributed by atoms with Crippen molar-refractivity contribution in [2.24, 2.45) is 0 Å². The molecule has 2 aromatic rings. The van der Waals surface area contributed by atoms with Crippen molar-refractivity contribution < 1.29 is 13.9 Å². The summed E-state index contributed by atoms with van der Waals surface area (Å²) in [6.07, 6.45) is 0. The minimum atomic E-state index is -0.759. The van der Waals surface area contributed by atoms with Crippen molar-refractivity contribution in [3.63, 3.8) is 0 Å². The molecule has 0 aliphatic rings. The lowest BCUT2D eigenvalue weighted by molar-refractivity contribution is 0.0734. The average Bonchev–Trinajstić information content (AvgIpc) is 2.33. The summed E-state index contributed by atoms with van der Waals surface area (Å²) in [4.78, 5) is 11.8. The molecule has 0 aromatic heterocycles. The molecule has 0 spiro atoms. The van der Waals surface area contributed by atoms with Crippen molar-refractivity contribution in [3.8, 4) is 5.75 Å². The molecular weight excluding hydrogens is 313 g/mol. The molecule has 0 aliphatic carbocycles. The van der Waals surface area contributed by atoms with Crippen molar-refractivity contribution in [1.29, 1.82) is 0 Å². The second kappa shape index (κ2) is 5.78. The summed E-state index contributed by atoms with van der Waals surface area (Å²) in [7, 11) is 0. The van der Waals surface area contributed by atoms with Gasteiger partial charge in [0.1, 0.15) is 5.82 Å². The Morgan fingerprint density at radius 1 is 1.05 bits per heavy atom. The van der Waals surface area contributed by atoms with E-state index in [-0.39, 0.29) is 21.4 Å². The first-order valence-corrected chi connectivity index (χ1v) is 6.23. The molecule has 2 nitrogen and oxygen atoms in total. The zero-order chi connectivity index (χ0) is 14.0. The third-order valence-electron chi connectivity index (χ3n) is 2.22. The van der Waals surface area contributed by atoms with Crippen molar-refractivity contribution in [2.45, 2.75) is 0 Å². The van der Waals surface area contributed by atoms with Gasteiger partial charge in [-0.2, -0.15) is 0 Å². The van der Waals surface area contributed by atoms with Gasteiger partial charge in [-0.05, 0) is 30.3 Å². The van der Waals surface area contributed by atoms with Crippen molar-refractivity contribution in [2.75, 3.05) is 0 Å². The number of ether oxygens (including phenoxy) is 1. The normalized spacial score (nSPS) is 10.3. The van der Waals surface area contributed by atoms with Gasteiger partial charge >= 0.3 is 5.97 Å². The highest BCUT2D eigenvalue weighted by Gasteiger charge is 2.15. The van der Waals surface area contributed by atoms with E-state index in [1.165, 1.54) is 30.3 Å². The van der Waals surface area contributed by atoms with Crippen LogP contribution in [0, 0.1) is 5.82 Å². The SMILES string of the molecule is O=C(Oc1c(Cl)cc(Cl)cc1Cl)c1cccc(F)c1. The van der Waals surface area contributed by atoms with Crippen molar-refractivity contribution in [3.05, 3.63) is 62.8 Å². The molecule has 2 rings (SSSR count). The molecule has 0 bridgehead atoms. The number of carbonyl (C=O) groups excluding carboxylic acids is 1. The van der Waals surface area contributed by atoms with Gasteiger partial charge in [-0.1, -0.05) is 40.9 Å². The molecule has 2 aromatic carbocycles. The summed E-state index contributed by atoms with van der Waals surface area (Å²) < 4.78 is 18.0. The maximum atomic E-state index is 13.0. The second-order valence-electron chi connectivity index (χ2n) is 3.60. The maximum absolute atomic E-state index is 13.0. The Morgan fingerprint density at radius 2 is 1.68 bits per heavy atom. The highest BCUT2D eigenvalue weighted by atomic mass is 35.5. The van der Waals surface area contributed by atoms with Gasteiger partial charge in [-0.3, -0.25) is 0 Å². The second-order valence-corrected chi connectivity index (χ2v) is 4.85. The Hall–Kier alpha value is -1.29. The molecule has 0 fully saturated rings. The zero-order valence-corrected chi connectivity index (χ0v) is 11.6. The molecule has 0 aliphatic heterocycles. The Kier molecular flexibility index (Phi) is 4.30. The summed E-state index contributed by atoms with van der Waals surface area (Å²) in [6, 6.07) is 7.88. The summed E-state index contributed by atoms with van der Waals surface area (Å²) in [6.45, 7) is 0. The molecule has 0 saturated heterocycles. The van der Waals surface area contributed by atoms with E-state index in [2.05, 4.69) is 0 Å². The molecule has 0 atom stereocenters. The van der Waals surface area contributed by atoms with Crippen LogP contribution in [-0.2, 0) is 0 Å². The number of esters is 1. The fourth-order valence-corrected chi connectivity index (χ4v) is 2.29. The average molecular weight is 320 g/mol. The first-order chi connectivity index (χ1) is 8.97. The third kappa shape index (κ3) is 3.38. The van der Waals surface area contributed by atoms with Crippen LogP contribution < -0.4 is 4.74 Å². The van der Waals surface area contributed by atoms with E-state index < -0.39 is 11.8 Å². The Balaban J connectivity index is 2.29. The lowest BCUT2D eigenvalue weighted by Crippen LogP contribution is -2.09. The number of hydrogen-bond acceptors (Lipinski definition) is 2. The molecule has 0 saturated carbocycles. The van der Waals surface area contributed by atoms with E-state index in [9.17, 15) is 9.18 Å². The third-order valence-corrected chi connectivity index (χ3v) is 3.00. The molecule has 0 N–H and O–H groups in total. The van der Waals surface area contributed by atoms with Gasteiger partial charge in [0.2, 0.25) is 0 Å². The molecular formula is C13H6Cl3FO2. The highest BCUT2D eigenvalue weighted by molar-refractivity contribution is 6.40. The largest absolute Gasteiger partial charge is 0.420 e. The number of benzene rings is 2. The van der Waals surface area contributed by atoms with Gasteiger partial charge in [-0.25, -0.2) is 9.18 Å². The Bertz CT molecular complexity index is 621. The van der Waals surface area contributed by atoms with Crippen molar-refractivity contribution in [1.82, 2.24) is 0 Å². The van der Waals surface area contributed by atoms with E-state index in [1.54, 1.807) is 0 Å². The molecule has 0 heterocycles. The van der Waals surface area contributed by atoms with Gasteiger partial charge in [0.25, 0.3) is 0 Å². The van der Waals surface area contributed by atoms with Crippen LogP contribution in [0.2, 0.25) is 15.1 Å². The van der Waals surface area contributed by atoms with Crippen LogP contribution in [0.15, 0.2) is 36.4 Å². The van der Waals surface area contributed by atoms with E-state index in [1.807, 2.05) is 0 Å². The number of rotatable bonds is 2. The number of carbonyl (C=O) groups is 1. The molecule has 98 valence electrons. The quantitative estimate of drug-likeness (QED) is 0.575. The van der Waals surface area contributed by atoms with Crippen LogP contribution in [-0.4, -0.2) is 5.97 Å². The molecule has 0 unspecified atom stereocenters. The fourth-order valence-electron chi connectivity index (χ4n) is 1.39. The zero-order valence-electron chi connectivity index (χ0n) is 9.29. The van der Waals surface area contributed by atoms with E-state index >= 15 is 0 Å². The van der Waals surface area contributed by atoms with Crippen molar-refractivity contribution >= 4 is 40.8 Å². The Morgan fingerprint density at radius 3 is 2.26 bits per heavy atom. The Labute approximate surface area is 123 Å². The topological polar surface area (TPSA) is 26.3 Å². The first-order valence-electron chi connectivity index (χ1n) is 5.09. The fraction of sp³-hybridized carbons (Fsp3) is 0. The number of hydrogen-bond donors (Lipinski definition) is 0. The smallest absolute Gasteiger partial charge is 0.343 e. The predicted octanol–water partition coefficient (Wildman–Crippen LogP) is 5.01. The molecule has 0 radical (unpaired) electrons. The van der Waals surface area contributed by atoms with E-state index in [0.717, 1.165) is 6.07 Å². The van der Waals surface area contributed by atoms with Crippen LogP contribution in [0.5, 0.6) is 5.75 Å². The lowest BCUT2D eigenvalue weighted by atomic mass is 10.2. The highest BCUT2D eigenvalue weighted by Crippen LogP contribution is 2.36. The van der Waals surface area contributed by atoms with E-state index in [0.29, 0.717) is 5.02 Å². The standard InChI is InChI=1S/C13H6Cl3FO2/c14-8-5-10(15)12(11(16)6-8)19-13(18)7-2-1-3-9(17)4-7/h1-6H. The van der Waals surface area contributed by atoms with Crippen LogP contribution in [0.4, 0.5) is 4.39 Å². The summed E-state index contributed by atoms with van der Waals surface area (Å²) in [5.41, 5.74) is 0.0575. The van der Waals surface area contributed by atoms with Crippen LogP contribution in [0.3, 0.4) is 0 Å². The predicted molar refractivity (Wildman–Crippen MR) is 72.8 cm³/mol. The van der Waals surface area contributed by atoms with E-state index in [4.69, 9.17) is 39.5 Å². The summed E-state index contributed by atoms with van der Waals surface area (Å²) >= 11 is 17.5. The first kappa shape index (κ1) is 14.1. The lowest BCUT2D eigenvalue weighted by Gasteiger charge is -2.08.